The number of aryl methyl sites for hydroxylation is 21. The molecule has 6 heterocycles. The van der Waals surface area contributed by atoms with Gasteiger partial charge in [-0.05, 0) is 223 Å². The Bertz CT molecular complexity index is 5360. The van der Waals surface area contributed by atoms with Gasteiger partial charge in [-0.1, -0.05) is 171 Å². The maximum atomic E-state index is 8.40. The molecule has 0 saturated heterocycles. The molecule has 0 radical (unpaired) electrons. The average molecular weight is 1410 g/mol. The van der Waals surface area contributed by atoms with Gasteiger partial charge in [-0.25, -0.2) is 27.4 Å². The van der Waals surface area contributed by atoms with Gasteiger partial charge in [0.2, 0.25) is 34.2 Å². The van der Waals surface area contributed by atoms with Gasteiger partial charge in [0.05, 0.1) is 0 Å². The van der Waals surface area contributed by atoms with Crippen molar-refractivity contribution >= 4 is 0 Å². The molecule has 0 aliphatic heterocycles. The lowest BCUT2D eigenvalue weighted by Crippen LogP contribution is -2.32. The number of benzene rings is 6. The molecule has 6 aromatic heterocycles. The second-order valence-corrected chi connectivity index (χ2v) is 28.6. The molecule has 1 unspecified atom stereocenters. The van der Waals surface area contributed by atoms with Crippen LogP contribution >= 0.6 is 0 Å². The highest BCUT2D eigenvalue weighted by Crippen LogP contribution is 2.30. The summed E-state index contributed by atoms with van der Waals surface area (Å²) in [5.41, 5.74) is 32.5. The van der Waals surface area contributed by atoms with E-state index in [0.29, 0.717) is 11.3 Å². The van der Waals surface area contributed by atoms with Crippen LogP contribution in [0.25, 0.3) is 67.5 Å². The summed E-state index contributed by atoms with van der Waals surface area (Å²) in [5, 5.41) is 0. The van der Waals surface area contributed by atoms with E-state index in [0.717, 1.165) is 52.8 Å². The highest BCUT2D eigenvalue weighted by atomic mass is 14.9. The lowest BCUT2D eigenvalue weighted by molar-refractivity contribution is -0.661. The topological polar surface area (TPSA) is 23.3 Å². The molecule has 0 N–H and O–H groups in total. The Kier molecular flexibility index (Phi) is 24.1. The van der Waals surface area contributed by atoms with E-state index in [-0.39, 0.29) is 16.7 Å². The van der Waals surface area contributed by atoms with E-state index in [2.05, 4.69) is 269 Å². The summed E-state index contributed by atoms with van der Waals surface area (Å²) in [4.78, 5) is 0. The van der Waals surface area contributed by atoms with Crippen LogP contribution in [-0.4, -0.2) is 0 Å². The predicted molar refractivity (Wildman–Crippen MR) is 446 cm³/mol. The van der Waals surface area contributed by atoms with Crippen molar-refractivity contribution in [1.82, 2.24) is 0 Å². The van der Waals surface area contributed by atoms with Crippen LogP contribution in [0.3, 0.4) is 0 Å². The molecular weight excluding hydrogens is 1270 g/mol. The molecule has 6 nitrogen and oxygen atoms in total. The van der Waals surface area contributed by atoms with E-state index in [9.17, 15) is 0 Å². The fourth-order valence-corrected chi connectivity index (χ4v) is 13.6. The summed E-state index contributed by atoms with van der Waals surface area (Å²) in [6, 6.07) is 62.1. The Balaban J connectivity index is 0.000000195. The van der Waals surface area contributed by atoms with Crippen molar-refractivity contribution in [2.45, 2.75) is 182 Å². The molecule has 12 rings (SSSR count). The van der Waals surface area contributed by atoms with Gasteiger partial charge >= 0.3 is 0 Å². The van der Waals surface area contributed by atoms with Crippen LogP contribution in [0.5, 0.6) is 0 Å². The second kappa shape index (κ2) is 38.3. The number of pyridine rings is 6. The fraction of sp³-hybridized carbons (Fsp3) is 0.333. The van der Waals surface area contributed by atoms with Crippen molar-refractivity contribution in [3.63, 3.8) is 0 Å². The molecular formula is C99H126N6+6. The highest BCUT2D eigenvalue weighted by Gasteiger charge is 2.22. The average Bonchev–Trinajstić information content (AvgIpc) is 0.750. The Hall–Kier alpha value is -9.78. The number of hydrogen-bond acceptors (Lipinski definition) is 0. The summed E-state index contributed by atoms with van der Waals surface area (Å²) >= 11 is 0. The van der Waals surface area contributed by atoms with E-state index in [1.165, 1.54) is 125 Å². The van der Waals surface area contributed by atoms with Crippen molar-refractivity contribution in [2.75, 3.05) is 0 Å². The molecule has 1 atom stereocenters. The number of nitrogens with zero attached hydrogens (tertiary/aromatic N) is 6. The smallest absolute Gasteiger partial charge is 0.201 e. The molecule has 12 aromatic rings. The third-order valence-corrected chi connectivity index (χ3v) is 19.9. The van der Waals surface area contributed by atoms with E-state index >= 15 is 0 Å². The molecule has 546 valence electrons. The minimum atomic E-state index is -2.66. The molecule has 0 amide bonds. The van der Waals surface area contributed by atoms with Crippen LogP contribution in [0, 0.1) is 82.9 Å². The standard InChI is InChI=1S/3C17H22N.3C16H20N/c2*1-12(2)16-10-17(18(5)11-14(16)4)15-9-7-6-8-13(15)3;1-12(2)16-11-18(5)17(10-14(16)4)15-9-7-6-8-13(15)3;1-5-14-10-16(17(4)11-13(14)3)15-9-7-6-8-12(15)2;2*1-5-14-11-17(4)16(10-13(14)3)15-9-7-6-8-12(15)2/h3*6-12H,1-5H3;3*6-11H,5H2,1-4H3/q6*+1/i1D3,4D3,12D;4D3,12D;12D;;;. The van der Waals surface area contributed by atoms with Gasteiger partial charge < -0.3 is 0 Å². The number of hydrogen-bond donors (Lipinski definition) is 0. The van der Waals surface area contributed by atoms with Crippen LogP contribution < -0.4 is 27.4 Å². The Morgan fingerprint density at radius 3 is 0.781 bits per heavy atom. The molecule has 0 fully saturated rings. The Labute approximate surface area is 652 Å². The zero-order valence-corrected chi connectivity index (χ0v) is 67.6. The van der Waals surface area contributed by atoms with Crippen molar-refractivity contribution in [2.24, 2.45) is 42.3 Å². The van der Waals surface area contributed by atoms with Gasteiger partial charge in [-0.2, -0.15) is 0 Å². The van der Waals surface area contributed by atoms with Crippen molar-refractivity contribution in [1.29, 1.82) is 0 Å². The van der Waals surface area contributed by atoms with Crippen LogP contribution in [0.2, 0.25) is 0 Å². The van der Waals surface area contributed by atoms with Crippen molar-refractivity contribution < 1.29 is 43.9 Å². The van der Waals surface area contributed by atoms with Gasteiger partial charge in [0.15, 0.2) is 37.2 Å². The Morgan fingerprint density at radius 2 is 0.505 bits per heavy atom. The van der Waals surface area contributed by atoms with Crippen LogP contribution in [0.4, 0.5) is 0 Å². The van der Waals surface area contributed by atoms with E-state index < -0.39 is 38.2 Å². The lowest BCUT2D eigenvalue weighted by Gasteiger charge is -2.11. The molecule has 105 heavy (non-hydrogen) atoms. The summed E-state index contributed by atoms with van der Waals surface area (Å²) in [5.74, 6) is -3.58. The summed E-state index contributed by atoms with van der Waals surface area (Å²) in [7, 11) is 12.0. The van der Waals surface area contributed by atoms with Crippen LogP contribution in [0.15, 0.2) is 219 Å². The second-order valence-electron chi connectivity index (χ2n) is 28.6. The van der Waals surface area contributed by atoms with Gasteiger partial charge in [0.1, 0.15) is 42.3 Å². The first-order valence-corrected chi connectivity index (χ1v) is 36.9. The molecule has 0 bridgehead atoms. The largest absolute Gasteiger partial charge is 0.212 e. The zero-order valence-electron chi connectivity index (χ0n) is 79.6. The maximum absolute atomic E-state index is 8.40. The van der Waals surface area contributed by atoms with Gasteiger partial charge in [0, 0.05) is 120 Å². The molecule has 6 aromatic carbocycles. The number of aromatic nitrogens is 6. The zero-order chi connectivity index (χ0) is 87.4. The predicted octanol–water partition coefficient (Wildman–Crippen LogP) is 21.8. The van der Waals surface area contributed by atoms with E-state index in [4.69, 9.17) is 16.4 Å². The monoisotopic (exact) mass is 1410 g/mol. The van der Waals surface area contributed by atoms with Crippen LogP contribution in [-0.2, 0) is 61.5 Å². The first kappa shape index (κ1) is 65.9. The van der Waals surface area contributed by atoms with Crippen molar-refractivity contribution in [3.05, 3.63) is 319 Å². The molecule has 0 saturated carbocycles. The lowest BCUT2D eigenvalue weighted by atomic mass is 9.96. The minimum absolute atomic E-state index is 0.00357. The highest BCUT2D eigenvalue weighted by molar-refractivity contribution is 5.66. The fourth-order valence-electron chi connectivity index (χ4n) is 13.6. The summed E-state index contributed by atoms with van der Waals surface area (Å²) in [6.07, 6.45) is 15.1. The first-order chi connectivity index (χ1) is 54.5. The van der Waals surface area contributed by atoms with E-state index in [1.807, 2.05) is 93.9 Å². The van der Waals surface area contributed by atoms with Crippen molar-refractivity contribution in [3.8, 4) is 67.5 Å². The van der Waals surface area contributed by atoms with E-state index in [1.54, 1.807) is 31.7 Å². The third kappa shape index (κ3) is 21.2. The molecule has 0 aliphatic carbocycles. The quantitative estimate of drug-likeness (QED) is 0.109. The SMILES string of the molecule is CCc1c[n+](C)c(-c2ccccc2C)cc1C.CCc1c[n+](C)c(-c2ccccc2C)cc1C.CCc1cc(-c2ccccc2C)[n+](C)cc1C.[2H]C(C)(C)c1c[n+](C)c(-c2ccccc2C)cc1C.[2H]C([2H])([2H])c1c[n+](C)c(-c2ccccc2C)cc1C([2H])(C)C.[2H]C([2H])([2H])c1c[n+](C)c(-c2ccccc2C)cc1C([2H])(C)C([2H])([2H])[2H]. The Morgan fingerprint density at radius 1 is 0.257 bits per heavy atom. The molecule has 6 heteroatoms. The van der Waals surface area contributed by atoms with Gasteiger partial charge in [-0.15, -0.1) is 0 Å². The summed E-state index contributed by atoms with van der Waals surface area (Å²) < 4.78 is 107. The van der Waals surface area contributed by atoms with Gasteiger partial charge in [0.25, 0.3) is 0 Å². The van der Waals surface area contributed by atoms with Gasteiger partial charge in [-0.3, -0.25) is 0 Å². The minimum Gasteiger partial charge on any atom is -0.201 e. The number of rotatable bonds is 12. The van der Waals surface area contributed by atoms with Crippen LogP contribution in [0.1, 0.15) is 197 Å². The third-order valence-electron chi connectivity index (χ3n) is 19.9. The molecule has 0 aliphatic rings. The molecule has 0 spiro atoms. The summed E-state index contributed by atoms with van der Waals surface area (Å²) in [6.45, 7) is 29.0. The normalized spacial score (nSPS) is 13.6. The maximum Gasteiger partial charge on any atom is 0.212 e. The first-order valence-electron chi connectivity index (χ1n) is 42.9.